The van der Waals surface area contributed by atoms with Crippen LogP contribution in [0.15, 0.2) is 106 Å². The molecule has 4 aromatic rings. The Kier molecular flexibility index (Phi) is 10.4. The first-order valence-electron chi connectivity index (χ1n) is 14.0. The van der Waals surface area contributed by atoms with Crippen molar-refractivity contribution in [2.45, 2.75) is 44.7 Å². The molecule has 1 N–H and O–H groups in total. The topological polar surface area (TPSA) is 86.8 Å². The number of hydrogen-bond acceptors (Lipinski definition) is 4. The predicted octanol–water partition coefficient (Wildman–Crippen LogP) is 5.96. The van der Waals surface area contributed by atoms with Gasteiger partial charge >= 0.3 is 0 Å². The van der Waals surface area contributed by atoms with E-state index in [4.69, 9.17) is 0 Å². The van der Waals surface area contributed by atoms with Gasteiger partial charge in [0.05, 0.1) is 10.6 Å². The van der Waals surface area contributed by atoms with Crippen molar-refractivity contribution in [3.05, 3.63) is 129 Å². The summed E-state index contributed by atoms with van der Waals surface area (Å²) in [5.41, 5.74) is 4.70. The van der Waals surface area contributed by atoms with E-state index in [1.165, 1.54) is 11.9 Å². The molecule has 0 aromatic heterocycles. The number of carbonyl (C=O) groups is 2. The molecule has 0 radical (unpaired) electrons. The number of benzene rings is 4. The van der Waals surface area contributed by atoms with Gasteiger partial charge in [0.2, 0.25) is 11.8 Å². The summed E-state index contributed by atoms with van der Waals surface area (Å²) in [7, 11) is -2.61. The third-order valence-corrected chi connectivity index (χ3v) is 9.60. The van der Waals surface area contributed by atoms with E-state index in [2.05, 4.69) is 21.2 Å². The molecule has 0 spiro atoms. The average Bonchev–Trinajstić information content (AvgIpc) is 2.99. The Morgan fingerprint density at radius 2 is 1.44 bits per heavy atom. The van der Waals surface area contributed by atoms with Crippen molar-refractivity contribution >= 4 is 43.5 Å². The second kappa shape index (κ2) is 14.0. The molecule has 0 fully saturated rings. The number of rotatable bonds is 11. The standard InChI is InChI=1S/C34H36BrN3O4S/c1-24-10-17-30(18-11-24)43(41,42)38(31-19-12-25(2)20-26(31)3)23-33(39)37(22-28-13-15-29(35)16-14-28)32(34(40)36-4)21-27-8-6-5-7-9-27/h5-20,32H,21-23H2,1-4H3,(H,36,40). The molecular formula is C34H36BrN3O4S. The maximum atomic E-state index is 14.4. The summed E-state index contributed by atoms with van der Waals surface area (Å²) in [5.74, 6) is -0.836. The van der Waals surface area contributed by atoms with Crippen LogP contribution in [-0.2, 0) is 32.6 Å². The number of likely N-dealkylation sites (N-methyl/N-ethyl adjacent to an activating group) is 1. The van der Waals surface area contributed by atoms with Gasteiger partial charge in [0.25, 0.3) is 10.0 Å². The molecular weight excluding hydrogens is 626 g/mol. The van der Waals surface area contributed by atoms with Gasteiger partial charge < -0.3 is 10.2 Å². The van der Waals surface area contributed by atoms with Gasteiger partial charge in [-0.1, -0.05) is 93.8 Å². The molecule has 4 aromatic carbocycles. The Morgan fingerprint density at radius 1 is 0.814 bits per heavy atom. The molecule has 0 saturated carbocycles. The Morgan fingerprint density at radius 3 is 2.05 bits per heavy atom. The monoisotopic (exact) mass is 661 g/mol. The van der Waals surface area contributed by atoms with E-state index in [9.17, 15) is 18.0 Å². The molecule has 0 aliphatic rings. The summed E-state index contributed by atoms with van der Waals surface area (Å²) in [6.07, 6.45) is 0.261. The van der Waals surface area contributed by atoms with Gasteiger partial charge in [-0.3, -0.25) is 13.9 Å². The van der Waals surface area contributed by atoms with Crippen LogP contribution in [0.25, 0.3) is 0 Å². The molecule has 1 unspecified atom stereocenters. The first-order chi connectivity index (χ1) is 20.5. The average molecular weight is 663 g/mol. The minimum absolute atomic E-state index is 0.0810. The molecule has 0 saturated heterocycles. The fraction of sp³-hybridized carbons (Fsp3) is 0.235. The van der Waals surface area contributed by atoms with Crippen molar-refractivity contribution in [3.63, 3.8) is 0 Å². The Balaban J connectivity index is 1.81. The zero-order valence-electron chi connectivity index (χ0n) is 24.7. The maximum absolute atomic E-state index is 14.4. The van der Waals surface area contributed by atoms with Crippen molar-refractivity contribution in [1.29, 1.82) is 0 Å². The zero-order valence-corrected chi connectivity index (χ0v) is 27.2. The number of amides is 2. The van der Waals surface area contributed by atoms with Crippen LogP contribution in [0.2, 0.25) is 0 Å². The molecule has 0 aliphatic heterocycles. The first kappa shape index (κ1) is 32.0. The third-order valence-electron chi connectivity index (χ3n) is 7.29. The van der Waals surface area contributed by atoms with E-state index in [1.54, 1.807) is 30.3 Å². The Bertz CT molecular complexity index is 1680. The molecule has 0 bridgehead atoms. The van der Waals surface area contributed by atoms with E-state index < -0.39 is 28.5 Å². The van der Waals surface area contributed by atoms with Crippen molar-refractivity contribution in [2.24, 2.45) is 0 Å². The summed E-state index contributed by atoms with van der Waals surface area (Å²) in [5, 5.41) is 2.71. The van der Waals surface area contributed by atoms with Crippen LogP contribution in [0.4, 0.5) is 5.69 Å². The van der Waals surface area contributed by atoms with Crippen LogP contribution in [0, 0.1) is 20.8 Å². The van der Waals surface area contributed by atoms with Gasteiger partial charge in [0.1, 0.15) is 12.6 Å². The molecule has 224 valence electrons. The second-order valence-electron chi connectivity index (χ2n) is 10.6. The highest BCUT2D eigenvalue weighted by molar-refractivity contribution is 9.10. The highest BCUT2D eigenvalue weighted by Gasteiger charge is 2.34. The third kappa shape index (κ3) is 7.91. The highest BCUT2D eigenvalue weighted by atomic mass is 79.9. The highest BCUT2D eigenvalue weighted by Crippen LogP contribution is 2.29. The number of carbonyl (C=O) groups excluding carboxylic acids is 2. The van der Waals surface area contributed by atoms with Gasteiger partial charge in [-0.05, 0) is 67.8 Å². The summed E-state index contributed by atoms with van der Waals surface area (Å²) in [4.78, 5) is 29.3. The first-order valence-corrected chi connectivity index (χ1v) is 16.2. The number of nitrogens with zero attached hydrogens (tertiary/aromatic N) is 2. The van der Waals surface area contributed by atoms with Crippen LogP contribution in [-0.4, -0.2) is 44.8 Å². The van der Waals surface area contributed by atoms with Gasteiger partial charge in [-0.2, -0.15) is 0 Å². The number of aryl methyl sites for hydroxylation is 3. The van der Waals surface area contributed by atoms with Gasteiger partial charge in [0, 0.05) is 24.5 Å². The minimum Gasteiger partial charge on any atom is -0.357 e. The van der Waals surface area contributed by atoms with Crippen LogP contribution < -0.4 is 9.62 Å². The van der Waals surface area contributed by atoms with Crippen LogP contribution >= 0.6 is 15.9 Å². The minimum atomic E-state index is -4.14. The normalized spacial score (nSPS) is 11.9. The van der Waals surface area contributed by atoms with E-state index in [0.29, 0.717) is 5.69 Å². The maximum Gasteiger partial charge on any atom is 0.264 e. The quantitative estimate of drug-likeness (QED) is 0.215. The van der Waals surface area contributed by atoms with Gasteiger partial charge in [-0.25, -0.2) is 8.42 Å². The molecule has 9 heteroatoms. The lowest BCUT2D eigenvalue weighted by Gasteiger charge is -2.34. The smallest absolute Gasteiger partial charge is 0.264 e. The lowest BCUT2D eigenvalue weighted by Crippen LogP contribution is -2.53. The largest absolute Gasteiger partial charge is 0.357 e. The molecule has 0 heterocycles. The van der Waals surface area contributed by atoms with Crippen molar-refractivity contribution < 1.29 is 18.0 Å². The van der Waals surface area contributed by atoms with E-state index in [0.717, 1.165) is 36.6 Å². The SMILES string of the molecule is CNC(=O)C(Cc1ccccc1)N(Cc1ccc(Br)cc1)C(=O)CN(c1ccc(C)cc1C)S(=O)(=O)c1ccc(C)cc1. The lowest BCUT2D eigenvalue weighted by atomic mass is 10.0. The summed E-state index contributed by atoms with van der Waals surface area (Å²) < 4.78 is 30.4. The fourth-order valence-corrected chi connectivity index (χ4v) is 6.69. The second-order valence-corrected chi connectivity index (χ2v) is 13.4. The molecule has 0 aliphatic carbocycles. The number of halogens is 1. The summed E-state index contributed by atoms with van der Waals surface area (Å²) in [6.45, 7) is 5.26. The van der Waals surface area contributed by atoms with Crippen LogP contribution in [0.5, 0.6) is 0 Å². The molecule has 4 rings (SSSR count). The molecule has 1 atom stereocenters. The van der Waals surface area contributed by atoms with Gasteiger partial charge in [-0.15, -0.1) is 0 Å². The van der Waals surface area contributed by atoms with Crippen molar-refractivity contribution in [1.82, 2.24) is 10.2 Å². The van der Waals surface area contributed by atoms with E-state index in [1.807, 2.05) is 87.5 Å². The number of nitrogens with one attached hydrogen (secondary N) is 1. The zero-order chi connectivity index (χ0) is 31.1. The Labute approximate surface area is 262 Å². The van der Waals surface area contributed by atoms with E-state index >= 15 is 0 Å². The van der Waals surface area contributed by atoms with Crippen molar-refractivity contribution in [3.8, 4) is 0 Å². The van der Waals surface area contributed by atoms with Crippen molar-refractivity contribution in [2.75, 3.05) is 17.9 Å². The van der Waals surface area contributed by atoms with E-state index in [-0.39, 0.29) is 23.8 Å². The van der Waals surface area contributed by atoms with Crippen LogP contribution in [0.1, 0.15) is 27.8 Å². The summed E-state index contributed by atoms with van der Waals surface area (Å²) in [6, 6.07) is 28.1. The molecule has 2 amide bonds. The van der Waals surface area contributed by atoms with Gasteiger partial charge in [0.15, 0.2) is 0 Å². The molecule has 7 nitrogen and oxygen atoms in total. The summed E-state index contributed by atoms with van der Waals surface area (Å²) >= 11 is 3.45. The predicted molar refractivity (Wildman–Crippen MR) is 174 cm³/mol. The number of anilines is 1. The lowest BCUT2D eigenvalue weighted by molar-refractivity contribution is -0.139. The fourth-order valence-electron chi connectivity index (χ4n) is 4.94. The number of sulfonamides is 1. The Hall–Kier alpha value is -3.95. The van der Waals surface area contributed by atoms with Crippen LogP contribution in [0.3, 0.4) is 0 Å². The molecule has 43 heavy (non-hydrogen) atoms. The number of hydrogen-bond donors (Lipinski definition) is 1.